The third-order valence-electron chi connectivity index (χ3n) is 4.56. The van der Waals surface area contributed by atoms with Crippen molar-refractivity contribution in [3.05, 3.63) is 33.4 Å². The summed E-state index contributed by atoms with van der Waals surface area (Å²) in [6.45, 7) is 1.89. The van der Waals surface area contributed by atoms with E-state index in [4.69, 9.17) is 4.74 Å². The van der Waals surface area contributed by atoms with E-state index in [1.54, 1.807) is 0 Å². The van der Waals surface area contributed by atoms with Gasteiger partial charge < -0.3 is 9.84 Å². The Hall–Kier alpha value is -0.460. The van der Waals surface area contributed by atoms with E-state index >= 15 is 0 Å². The fraction of sp³-hybridized carbons (Fsp3) is 0.562. The molecule has 2 fully saturated rings. The molecule has 0 saturated carbocycles. The first-order valence-electron chi connectivity index (χ1n) is 7.22. The van der Waals surface area contributed by atoms with E-state index in [1.165, 1.54) is 9.13 Å². The van der Waals surface area contributed by atoms with Crippen LogP contribution in [0.25, 0.3) is 0 Å². The quantitative estimate of drug-likeness (QED) is 0.813. The first-order chi connectivity index (χ1) is 9.60. The van der Waals surface area contributed by atoms with Gasteiger partial charge in [0.25, 0.3) is 0 Å². The standard InChI is InChI=1S/C16H19IO3/c1-2-13(18)15-12(9-3-5-10(17)6-4-9)7-11-8-14(19)16(15)20-11/h3-6,11-12,14-16,19H,2,7-8H2,1H3. The van der Waals surface area contributed by atoms with E-state index in [1.807, 2.05) is 6.92 Å². The lowest BCUT2D eigenvalue weighted by atomic mass is 9.76. The molecule has 5 atom stereocenters. The third kappa shape index (κ3) is 2.53. The number of aliphatic hydroxyl groups is 1. The molecule has 2 saturated heterocycles. The minimum absolute atomic E-state index is 0.0974. The SMILES string of the molecule is CCC(=O)C1C(c2ccc(I)cc2)CC2CC(O)C1O2. The largest absolute Gasteiger partial charge is 0.390 e. The van der Waals surface area contributed by atoms with Crippen LogP contribution >= 0.6 is 22.6 Å². The Morgan fingerprint density at radius 1 is 1.35 bits per heavy atom. The van der Waals surface area contributed by atoms with Crippen LogP contribution in [0.3, 0.4) is 0 Å². The Labute approximate surface area is 132 Å². The van der Waals surface area contributed by atoms with E-state index in [0.717, 1.165) is 6.42 Å². The summed E-state index contributed by atoms with van der Waals surface area (Å²) in [5.41, 5.74) is 1.20. The zero-order chi connectivity index (χ0) is 14.3. The number of ketones is 1. The van der Waals surface area contributed by atoms with Gasteiger partial charge in [0.2, 0.25) is 0 Å². The number of benzene rings is 1. The van der Waals surface area contributed by atoms with Gasteiger partial charge in [-0.15, -0.1) is 0 Å². The van der Waals surface area contributed by atoms with Crippen molar-refractivity contribution in [3.8, 4) is 0 Å². The number of fused-ring (bicyclic) bond motifs is 2. The number of rotatable bonds is 3. The summed E-state index contributed by atoms with van der Waals surface area (Å²) in [6, 6.07) is 8.38. The van der Waals surface area contributed by atoms with Gasteiger partial charge in [-0.3, -0.25) is 4.79 Å². The van der Waals surface area contributed by atoms with Crippen LogP contribution in [0.2, 0.25) is 0 Å². The van der Waals surface area contributed by atoms with Crippen LogP contribution in [-0.4, -0.2) is 29.2 Å². The van der Waals surface area contributed by atoms with E-state index in [9.17, 15) is 9.90 Å². The normalized spacial score (nSPS) is 36.0. The molecular weight excluding hydrogens is 367 g/mol. The number of carbonyl (C=O) groups excluding carboxylic acids is 1. The molecule has 2 aliphatic heterocycles. The van der Waals surface area contributed by atoms with Gasteiger partial charge in [-0.2, -0.15) is 0 Å². The van der Waals surface area contributed by atoms with Gasteiger partial charge in [-0.25, -0.2) is 0 Å². The second-order valence-electron chi connectivity index (χ2n) is 5.77. The fourth-order valence-electron chi connectivity index (χ4n) is 3.60. The highest BCUT2D eigenvalue weighted by Crippen LogP contribution is 2.46. The average Bonchev–Trinajstić information content (AvgIpc) is 2.74. The molecule has 0 aliphatic carbocycles. The molecule has 0 radical (unpaired) electrons. The van der Waals surface area contributed by atoms with Crippen molar-refractivity contribution < 1.29 is 14.6 Å². The molecule has 0 spiro atoms. The number of hydrogen-bond acceptors (Lipinski definition) is 3. The Balaban J connectivity index is 1.95. The summed E-state index contributed by atoms with van der Waals surface area (Å²) >= 11 is 2.29. The molecule has 1 aromatic carbocycles. The zero-order valence-electron chi connectivity index (χ0n) is 11.5. The summed E-state index contributed by atoms with van der Waals surface area (Å²) in [7, 11) is 0. The van der Waals surface area contributed by atoms with Gasteiger partial charge in [0.15, 0.2) is 0 Å². The lowest BCUT2D eigenvalue weighted by Crippen LogP contribution is -2.42. The fourth-order valence-corrected chi connectivity index (χ4v) is 3.96. The minimum Gasteiger partial charge on any atom is -0.390 e. The van der Waals surface area contributed by atoms with E-state index in [2.05, 4.69) is 46.9 Å². The van der Waals surface area contributed by atoms with Crippen LogP contribution in [0, 0.1) is 9.49 Å². The van der Waals surface area contributed by atoms with E-state index in [0.29, 0.717) is 12.8 Å². The average molecular weight is 386 g/mol. The smallest absolute Gasteiger partial charge is 0.139 e. The molecule has 4 heteroatoms. The Bertz CT molecular complexity index is 499. The Kier molecular flexibility index (Phi) is 4.15. The number of hydrogen-bond donors (Lipinski definition) is 1. The van der Waals surface area contributed by atoms with E-state index in [-0.39, 0.29) is 29.8 Å². The molecule has 0 aromatic heterocycles. The molecule has 1 N–H and O–H groups in total. The zero-order valence-corrected chi connectivity index (χ0v) is 13.6. The second kappa shape index (κ2) is 5.73. The topological polar surface area (TPSA) is 46.5 Å². The van der Waals surface area contributed by atoms with Crippen LogP contribution in [0.15, 0.2) is 24.3 Å². The van der Waals surface area contributed by atoms with Crippen LogP contribution in [0.4, 0.5) is 0 Å². The van der Waals surface area contributed by atoms with Crippen molar-refractivity contribution >= 4 is 28.4 Å². The third-order valence-corrected chi connectivity index (χ3v) is 5.28. The molecule has 3 nitrogen and oxygen atoms in total. The number of ether oxygens (including phenoxy) is 1. The predicted octanol–water partition coefficient (Wildman–Crippen LogP) is 2.89. The van der Waals surface area contributed by atoms with Crippen LogP contribution < -0.4 is 0 Å². The molecule has 108 valence electrons. The van der Waals surface area contributed by atoms with Crippen LogP contribution in [0.1, 0.15) is 37.7 Å². The van der Waals surface area contributed by atoms with Gasteiger partial charge in [0.1, 0.15) is 5.78 Å². The van der Waals surface area contributed by atoms with Crippen molar-refractivity contribution in [2.75, 3.05) is 0 Å². The van der Waals surface area contributed by atoms with Crippen molar-refractivity contribution in [2.24, 2.45) is 5.92 Å². The lowest BCUT2D eigenvalue weighted by Gasteiger charge is -2.36. The maximum atomic E-state index is 12.4. The number of Topliss-reactive ketones (excluding diaryl/α,β-unsaturated/α-hetero) is 1. The van der Waals surface area contributed by atoms with Gasteiger partial charge in [-0.1, -0.05) is 19.1 Å². The summed E-state index contributed by atoms with van der Waals surface area (Å²) in [6.07, 6.45) is 1.30. The first-order valence-corrected chi connectivity index (χ1v) is 8.29. The highest BCUT2D eigenvalue weighted by molar-refractivity contribution is 14.1. The molecule has 1 aromatic rings. The molecular formula is C16H19IO3. The van der Waals surface area contributed by atoms with Crippen molar-refractivity contribution in [1.82, 2.24) is 0 Å². The molecule has 0 amide bonds. The van der Waals surface area contributed by atoms with Crippen molar-refractivity contribution in [3.63, 3.8) is 0 Å². The summed E-state index contributed by atoms with van der Waals surface area (Å²) < 4.78 is 7.04. The minimum atomic E-state index is -0.491. The maximum Gasteiger partial charge on any atom is 0.139 e. The monoisotopic (exact) mass is 386 g/mol. The molecule has 2 aliphatic rings. The van der Waals surface area contributed by atoms with Gasteiger partial charge in [0.05, 0.1) is 24.2 Å². The van der Waals surface area contributed by atoms with E-state index < -0.39 is 6.10 Å². The van der Waals surface area contributed by atoms with Gasteiger partial charge in [-0.05, 0) is 52.6 Å². The Morgan fingerprint density at radius 2 is 2.05 bits per heavy atom. The summed E-state index contributed by atoms with van der Waals surface area (Å²) in [4.78, 5) is 12.4. The van der Waals surface area contributed by atoms with Crippen molar-refractivity contribution in [1.29, 1.82) is 0 Å². The van der Waals surface area contributed by atoms with Gasteiger partial charge >= 0.3 is 0 Å². The first kappa shape index (κ1) is 14.5. The number of halogens is 1. The van der Waals surface area contributed by atoms with Gasteiger partial charge in [0, 0.05) is 16.4 Å². The predicted molar refractivity (Wildman–Crippen MR) is 84.6 cm³/mol. The maximum absolute atomic E-state index is 12.4. The molecule has 20 heavy (non-hydrogen) atoms. The molecule has 2 bridgehead atoms. The lowest BCUT2D eigenvalue weighted by molar-refractivity contribution is -0.137. The van der Waals surface area contributed by atoms with Crippen LogP contribution in [0.5, 0.6) is 0 Å². The second-order valence-corrected chi connectivity index (χ2v) is 7.01. The molecule has 2 heterocycles. The molecule has 3 rings (SSSR count). The van der Waals surface area contributed by atoms with Crippen LogP contribution in [-0.2, 0) is 9.53 Å². The highest BCUT2D eigenvalue weighted by Gasteiger charge is 2.50. The summed E-state index contributed by atoms with van der Waals surface area (Å²) in [5, 5.41) is 10.1. The highest BCUT2D eigenvalue weighted by atomic mass is 127. The molecule has 5 unspecified atom stereocenters. The number of aliphatic hydroxyl groups excluding tert-OH is 1. The Morgan fingerprint density at radius 3 is 2.70 bits per heavy atom. The summed E-state index contributed by atoms with van der Waals surface area (Å²) in [5.74, 6) is 0.187. The number of carbonyl (C=O) groups is 1. The van der Waals surface area contributed by atoms with Crippen molar-refractivity contribution in [2.45, 2.75) is 50.4 Å².